The molecule has 1 heterocycles. The minimum atomic E-state index is -0.605. The Kier molecular flexibility index (Phi) is 6.51. The number of allylic oxidation sites excluding steroid dienone is 1. The second kappa shape index (κ2) is 9.67. The van der Waals surface area contributed by atoms with E-state index in [2.05, 4.69) is 19.9 Å². The van der Waals surface area contributed by atoms with Gasteiger partial charge in [-0.2, -0.15) is 5.26 Å². The Bertz CT molecular complexity index is 1290. The standard InChI is InChI=1S/C27H23FN2O4/c1-16(2)17-6-8-20(9-7-17)32-15-25(31)33-21-10-11-22-24(13-21)34-27(30)23(14-29)26(22)18-4-3-5-19(28)12-18/h3-13,16,26H,15,30H2,1-2H3. The van der Waals surface area contributed by atoms with E-state index >= 15 is 0 Å². The first-order valence-corrected chi connectivity index (χ1v) is 10.8. The molecule has 0 saturated carbocycles. The van der Waals surface area contributed by atoms with Crippen molar-refractivity contribution in [2.75, 3.05) is 6.61 Å². The van der Waals surface area contributed by atoms with Gasteiger partial charge in [0.15, 0.2) is 6.61 Å². The van der Waals surface area contributed by atoms with Gasteiger partial charge in [-0.3, -0.25) is 0 Å². The molecule has 0 spiro atoms. The number of nitrogens with two attached hydrogens (primary N) is 1. The molecular formula is C27H23FN2O4. The van der Waals surface area contributed by atoms with Gasteiger partial charge < -0.3 is 19.9 Å². The van der Waals surface area contributed by atoms with Gasteiger partial charge in [-0.15, -0.1) is 0 Å². The van der Waals surface area contributed by atoms with Gasteiger partial charge in [-0.25, -0.2) is 9.18 Å². The van der Waals surface area contributed by atoms with E-state index in [0.717, 1.165) is 0 Å². The van der Waals surface area contributed by atoms with Crippen LogP contribution in [0.2, 0.25) is 0 Å². The summed E-state index contributed by atoms with van der Waals surface area (Å²) >= 11 is 0. The molecule has 1 atom stereocenters. The molecule has 0 aromatic heterocycles. The molecule has 1 aliphatic rings. The van der Waals surface area contributed by atoms with Crippen molar-refractivity contribution in [1.29, 1.82) is 5.26 Å². The van der Waals surface area contributed by atoms with Crippen molar-refractivity contribution in [3.8, 4) is 23.3 Å². The highest BCUT2D eigenvalue weighted by atomic mass is 19.1. The van der Waals surface area contributed by atoms with Gasteiger partial charge >= 0.3 is 5.97 Å². The maximum absolute atomic E-state index is 13.9. The number of ether oxygens (including phenoxy) is 3. The van der Waals surface area contributed by atoms with Crippen LogP contribution in [0.1, 0.15) is 42.4 Å². The van der Waals surface area contributed by atoms with E-state index < -0.39 is 17.7 Å². The van der Waals surface area contributed by atoms with E-state index in [1.807, 2.05) is 24.3 Å². The molecule has 0 fully saturated rings. The van der Waals surface area contributed by atoms with Crippen LogP contribution >= 0.6 is 0 Å². The van der Waals surface area contributed by atoms with Crippen LogP contribution < -0.4 is 19.9 Å². The highest BCUT2D eigenvalue weighted by molar-refractivity contribution is 5.74. The van der Waals surface area contributed by atoms with E-state index in [1.165, 1.54) is 23.8 Å². The van der Waals surface area contributed by atoms with E-state index in [0.29, 0.717) is 28.5 Å². The summed E-state index contributed by atoms with van der Waals surface area (Å²) in [5.74, 6) is -0.187. The van der Waals surface area contributed by atoms with Gasteiger partial charge in [-0.1, -0.05) is 44.2 Å². The largest absolute Gasteiger partial charge is 0.482 e. The van der Waals surface area contributed by atoms with Crippen LogP contribution in [0.5, 0.6) is 17.2 Å². The Hall–Kier alpha value is -4.31. The predicted molar refractivity (Wildman–Crippen MR) is 124 cm³/mol. The lowest BCUT2D eigenvalue weighted by molar-refractivity contribution is -0.136. The average Bonchev–Trinajstić information content (AvgIpc) is 2.82. The Morgan fingerprint density at radius 2 is 1.85 bits per heavy atom. The molecule has 1 unspecified atom stereocenters. The topological polar surface area (TPSA) is 94.6 Å². The smallest absolute Gasteiger partial charge is 0.349 e. The van der Waals surface area contributed by atoms with E-state index in [4.69, 9.17) is 19.9 Å². The second-order valence-electron chi connectivity index (χ2n) is 8.17. The molecule has 4 rings (SSSR count). The minimum Gasteiger partial charge on any atom is -0.482 e. The van der Waals surface area contributed by atoms with Crippen LogP contribution in [-0.4, -0.2) is 12.6 Å². The third-order valence-corrected chi connectivity index (χ3v) is 5.51. The van der Waals surface area contributed by atoms with E-state index in [-0.39, 0.29) is 23.8 Å². The molecule has 3 aromatic rings. The van der Waals surface area contributed by atoms with Crippen LogP contribution in [-0.2, 0) is 4.79 Å². The van der Waals surface area contributed by atoms with Crippen LogP contribution in [0.15, 0.2) is 78.2 Å². The summed E-state index contributed by atoms with van der Waals surface area (Å²) in [6, 6.07) is 20.3. The van der Waals surface area contributed by atoms with E-state index in [9.17, 15) is 14.4 Å². The van der Waals surface area contributed by atoms with Gasteiger partial charge in [0.05, 0.1) is 5.92 Å². The first-order chi connectivity index (χ1) is 16.4. The summed E-state index contributed by atoms with van der Waals surface area (Å²) in [6.45, 7) is 3.92. The first kappa shape index (κ1) is 22.9. The van der Waals surface area contributed by atoms with Gasteiger partial charge in [-0.05, 0) is 47.4 Å². The Labute approximate surface area is 197 Å². The summed E-state index contributed by atoms with van der Waals surface area (Å²) in [4.78, 5) is 12.3. The second-order valence-corrected chi connectivity index (χ2v) is 8.17. The molecule has 6 nitrogen and oxygen atoms in total. The van der Waals surface area contributed by atoms with Gasteiger partial charge in [0.2, 0.25) is 5.88 Å². The lowest BCUT2D eigenvalue weighted by Gasteiger charge is -2.26. The van der Waals surface area contributed by atoms with Crippen molar-refractivity contribution in [1.82, 2.24) is 0 Å². The van der Waals surface area contributed by atoms with Crippen molar-refractivity contribution in [2.45, 2.75) is 25.7 Å². The number of rotatable bonds is 6. The lowest BCUT2D eigenvalue weighted by Crippen LogP contribution is -2.21. The van der Waals surface area contributed by atoms with Gasteiger partial charge in [0, 0.05) is 11.6 Å². The number of carbonyl (C=O) groups is 1. The van der Waals surface area contributed by atoms with Crippen molar-refractivity contribution in [3.63, 3.8) is 0 Å². The monoisotopic (exact) mass is 458 g/mol. The summed E-state index contributed by atoms with van der Waals surface area (Å²) in [5, 5.41) is 9.61. The summed E-state index contributed by atoms with van der Waals surface area (Å²) < 4.78 is 30.4. The number of nitriles is 1. The predicted octanol–water partition coefficient (Wildman–Crippen LogP) is 5.15. The van der Waals surface area contributed by atoms with Crippen molar-refractivity contribution in [3.05, 3.63) is 101 Å². The van der Waals surface area contributed by atoms with Crippen LogP contribution in [0, 0.1) is 17.1 Å². The summed E-state index contributed by atoms with van der Waals surface area (Å²) in [7, 11) is 0. The fourth-order valence-electron chi connectivity index (χ4n) is 3.78. The van der Waals surface area contributed by atoms with Gasteiger partial charge in [0.1, 0.15) is 34.7 Å². The molecule has 3 aromatic carbocycles. The third kappa shape index (κ3) is 4.86. The molecule has 172 valence electrons. The molecule has 0 saturated heterocycles. The fraction of sp³-hybridized carbons (Fsp3) is 0.185. The van der Waals surface area contributed by atoms with Crippen molar-refractivity contribution in [2.24, 2.45) is 5.73 Å². The fourth-order valence-corrected chi connectivity index (χ4v) is 3.78. The SMILES string of the molecule is CC(C)c1ccc(OCC(=O)Oc2ccc3c(c2)OC(N)=C(C#N)C3c2cccc(F)c2)cc1. The average molecular weight is 458 g/mol. The minimum absolute atomic E-state index is 0.0825. The van der Waals surface area contributed by atoms with Crippen molar-refractivity contribution >= 4 is 5.97 Å². The van der Waals surface area contributed by atoms with Crippen LogP contribution in [0.25, 0.3) is 0 Å². The zero-order chi connectivity index (χ0) is 24.2. The Morgan fingerprint density at radius 3 is 2.53 bits per heavy atom. The molecule has 7 heteroatoms. The molecular weight excluding hydrogens is 435 g/mol. The zero-order valence-electron chi connectivity index (χ0n) is 18.7. The Balaban J connectivity index is 1.50. The normalized spacial score (nSPS) is 14.7. The molecule has 34 heavy (non-hydrogen) atoms. The zero-order valence-corrected chi connectivity index (χ0v) is 18.7. The summed E-state index contributed by atoms with van der Waals surface area (Å²) in [5.41, 5.74) is 8.50. The number of halogens is 1. The van der Waals surface area contributed by atoms with E-state index in [1.54, 1.807) is 24.3 Å². The number of hydrogen-bond acceptors (Lipinski definition) is 6. The number of esters is 1. The lowest BCUT2D eigenvalue weighted by atomic mass is 9.83. The maximum Gasteiger partial charge on any atom is 0.349 e. The van der Waals surface area contributed by atoms with Crippen LogP contribution in [0.4, 0.5) is 4.39 Å². The number of hydrogen-bond donors (Lipinski definition) is 1. The highest BCUT2D eigenvalue weighted by Crippen LogP contribution is 2.43. The van der Waals surface area contributed by atoms with Crippen LogP contribution in [0.3, 0.4) is 0 Å². The Morgan fingerprint density at radius 1 is 1.12 bits per heavy atom. The number of nitrogens with zero attached hydrogens (tertiary/aromatic N) is 1. The third-order valence-electron chi connectivity index (χ3n) is 5.51. The molecule has 1 aliphatic heterocycles. The quantitative estimate of drug-likeness (QED) is 0.405. The molecule has 0 aliphatic carbocycles. The molecule has 0 radical (unpaired) electrons. The maximum atomic E-state index is 13.9. The number of carbonyl (C=O) groups excluding carboxylic acids is 1. The number of benzene rings is 3. The summed E-state index contributed by atoms with van der Waals surface area (Å²) in [6.07, 6.45) is 0. The molecule has 0 amide bonds. The molecule has 2 N–H and O–H groups in total. The van der Waals surface area contributed by atoms with Gasteiger partial charge in [0.25, 0.3) is 0 Å². The molecule has 0 bridgehead atoms. The first-order valence-electron chi connectivity index (χ1n) is 10.8. The highest BCUT2D eigenvalue weighted by Gasteiger charge is 2.31. The number of fused-ring (bicyclic) bond motifs is 1. The van der Waals surface area contributed by atoms with Crippen molar-refractivity contribution < 1.29 is 23.4 Å².